The molecule has 1 aromatic heterocycles. The highest BCUT2D eigenvalue weighted by Crippen LogP contribution is 2.22. The van der Waals surface area contributed by atoms with Crippen LogP contribution >= 0.6 is 0 Å². The predicted octanol–water partition coefficient (Wildman–Crippen LogP) is 2.71. The average Bonchev–Trinajstić information content (AvgIpc) is 2.65. The number of carbonyl (C=O) groups is 2. The van der Waals surface area contributed by atoms with Crippen molar-refractivity contribution in [1.82, 2.24) is 9.88 Å². The topological polar surface area (TPSA) is 53.2 Å². The molecule has 1 fully saturated rings. The number of hydrogen-bond acceptors (Lipinski definition) is 2. The number of rotatable bonds is 2. The molecule has 1 saturated heterocycles. The molecule has 0 unspecified atom stereocenters. The number of H-pyrrole nitrogens is 1. The molecule has 0 spiro atoms. The maximum Gasteiger partial charge on any atom is 0.270 e. The lowest BCUT2D eigenvalue weighted by atomic mass is 9.98. The first kappa shape index (κ1) is 13.8. The smallest absolute Gasteiger partial charge is 0.270 e. The lowest BCUT2D eigenvalue weighted by molar-refractivity contribution is 0.0691. The van der Waals surface area contributed by atoms with Crippen LogP contribution in [0.2, 0.25) is 0 Å². The Labute approximate surface area is 114 Å². The molecule has 104 valence electrons. The van der Waals surface area contributed by atoms with Crippen LogP contribution in [0.5, 0.6) is 0 Å². The zero-order valence-corrected chi connectivity index (χ0v) is 12.2. The van der Waals surface area contributed by atoms with Gasteiger partial charge in [0.2, 0.25) is 0 Å². The molecule has 0 radical (unpaired) electrons. The number of carbonyl (C=O) groups excluding carboxylic acids is 2. The van der Waals surface area contributed by atoms with E-state index in [0.717, 1.165) is 37.2 Å². The molecule has 1 N–H and O–H groups in total. The molecule has 4 heteroatoms. The third-order valence-electron chi connectivity index (χ3n) is 4.07. The zero-order chi connectivity index (χ0) is 14.2. The van der Waals surface area contributed by atoms with Crippen molar-refractivity contribution in [2.45, 2.75) is 40.5 Å². The van der Waals surface area contributed by atoms with E-state index in [4.69, 9.17) is 0 Å². The molecule has 2 rings (SSSR count). The maximum absolute atomic E-state index is 12.5. The maximum atomic E-state index is 12.5. The van der Waals surface area contributed by atoms with Gasteiger partial charge in [0.05, 0.1) is 0 Å². The van der Waals surface area contributed by atoms with E-state index in [1.54, 1.807) is 6.92 Å². The SMILES string of the molecule is CC(=O)c1c(C)[nH]c(C(=O)N2CCC(C)CC2)c1C. The van der Waals surface area contributed by atoms with Gasteiger partial charge in [0.25, 0.3) is 5.91 Å². The Morgan fingerprint density at radius 2 is 1.79 bits per heavy atom. The largest absolute Gasteiger partial charge is 0.354 e. The summed E-state index contributed by atoms with van der Waals surface area (Å²) in [5.74, 6) is 0.737. The Balaban J connectivity index is 2.25. The van der Waals surface area contributed by atoms with Crippen molar-refractivity contribution >= 4 is 11.7 Å². The van der Waals surface area contributed by atoms with E-state index in [1.165, 1.54) is 0 Å². The van der Waals surface area contributed by atoms with Crippen LogP contribution in [0.1, 0.15) is 58.8 Å². The van der Waals surface area contributed by atoms with Crippen LogP contribution in [0.4, 0.5) is 0 Å². The number of aryl methyl sites for hydroxylation is 1. The second-order valence-corrected chi connectivity index (χ2v) is 5.66. The lowest BCUT2D eigenvalue weighted by Gasteiger charge is -2.30. The molecule has 4 nitrogen and oxygen atoms in total. The van der Waals surface area contributed by atoms with Crippen LogP contribution in [0.15, 0.2) is 0 Å². The summed E-state index contributed by atoms with van der Waals surface area (Å²) in [5, 5.41) is 0. The van der Waals surface area contributed by atoms with E-state index < -0.39 is 0 Å². The van der Waals surface area contributed by atoms with Crippen molar-refractivity contribution in [1.29, 1.82) is 0 Å². The van der Waals surface area contributed by atoms with E-state index in [0.29, 0.717) is 17.2 Å². The summed E-state index contributed by atoms with van der Waals surface area (Å²) in [5.41, 5.74) is 2.82. The van der Waals surface area contributed by atoms with Gasteiger partial charge in [-0.25, -0.2) is 0 Å². The van der Waals surface area contributed by atoms with E-state index in [9.17, 15) is 9.59 Å². The minimum Gasteiger partial charge on any atom is -0.354 e. The molecule has 2 heterocycles. The highest BCUT2D eigenvalue weighted by Gasteiger charge is 2.26. The minimum atomic E-state index is 0.0116. The number of aromatic amines is 1. The Morgan fingerprint density at radius 1 is 1.21 bits per heavy atom. The standard InChI is InChI=1S/C15H22N2O2/c1-9-5-7-17(8-6-9)15(19)14-10(2)13(12(4)18)11(3)16-14/h9,16H,5-8H2,1-4H3. The normalized spacial score (nSPS) is 16.7. The van der Waals surface area contributed by atoms with Crippen LogP contribution in [0, 0.1) is 19.8 Å². The monoisotopic (exact) mass is 262 g/mol. The van der Waals surface area contributed by atoms with Crippen molar-refractivity contribution in [2.24, 2.45) is 5.92 Å². The number of hydrogen-bond donors (Lipinski definition) is 1. The number of aromatic nitrogens is 1. The molecule has 1 aliphatic rings. The minimum absolute atomic E-state index is 0.0116. The van der Waals surface area contributed by atoms with Gasteiger partial charge in [-0.05, 0) is 45.1 Å². The molecule has 1 amide bonds. The Hall–Kier alpha value is -1.58. The summed E-state index contributed by atoms with van der Waals surface area (Å²) >= 11 is 0. The molecule has 0 saturated carbocycles. The van der Waals surface area contributed by atoms with Gasteiger partial charge in [0.15, 0.2) is 5.78 Å². The fourth-order valence-electron chi connectivity index (χ4n) is 2.86. The first-order valence-electron chi connectivity index (χ1n) is 6.91. The number of amides is 1. The van der Waals surface area contributed by atoms with Gasteiger partial charge in [0.1, 0.15) is 5.69 Å². The van der Waals surface area contributed by atoms with E-state index >= 15 is 0 Å². The predicted molar refractivity (Wildman–Crippen MR) is 74.6 cm³/mol. The van der Waals surface area contributed by atoms with Crippen molar-refractivity contribution in [3.8, 4) is 0 Å². The second-order valence-electron chi connectivity index (χ2n) is 5.66. The number of ketones is 1. The van der Waals surface area contributed by atoms with Gasteiger partial charge in [-0.3, -0.25) is 9.59 Å². The van der Waals surface area contributed by atoms with Gasteiger partial charge < -0.3 is 9.88 Å². The number of nitrogens with one attached hydrogen (secondary N) is 1. The number of piperidine rings is 1. The van der Waals surface area contributed by atoms with Crippen LogP contribution in [0.3, 0.4) is 0 Å². The van der Waals surface area contributed by atoms with E-state index in [2.05, 4.69) is 11.9 Å². The summed E-state index contributed by atoms with van der Waals surface area (Å²) in [6.45, 7) is 9.08. The van der Waals surface area contributed by atoms with Gasteiger partial charge in [-0.2, -0.15) is 0 Å². The molecular weight excluding hydrogens is 240 g/mol. The molecule has 1 aliphatic heterocycles. The third-order valence-corrected chi connectivity index (χ3v) is 4.07. The summed E-state index contributed by atoms with van der Waals surface area (Å²) < 4.78 is 0. The van der Waals surface area contributed by atoms with Crippen molar-refractivity contribution in [2.75, 3.05) is 13.1 Å². The van der Waals surface area contributed by atoms with Gasteiger partial charge >= 0.3 is 0 Å². The molecule has 0 aromatic carbocycles. The van der Waals surface area contributed by atoms with Crippen molar-refractivity contribution in [3.63, 3.8) is 0 Å². The van der Waals surface area contributed by atoms with Gasteiger partial charge in [-0.1, -0.05) is 6.92 Å². The first-order valence-corrected chi connectivity index (χ1v) is 6.91. The van der Waals surface area contributed by atoms with Crippen molar-refractivity contribution < 1.29 is 9.59 Å². The fraction of sp³-hybridized carbons (Fsp3) is 0.600. The summed E-state index contributed by atoms with van der Waals surface area (Å²) in [4.78, 5) is 29.1. The summed E-state index contributed by atoms with van der Waals surface area (Å²) in [6, 6.07) is 0. The Morgan fingerprint density at radius 3 is 2.26 bits per heavy atom. The molecule has 19 heavy (non-hydrogen) atoms. The summed E-state index contributed by atoms with van der Waals surface area (Å²) in [7, 11) is 0. The number of likely N-dealkylation sites (tertiary alicyclic amines) is 1. The Bertz CT molecular complexity index is 508. The number of nitrogens with zero attached hydrogens (tertiary/aromatic N) is 1. The molecule has 0 bridgehead atoms. The lowest BCUT2D eigenvalue weighted by Crippen LogP contribution is -2.38. The second kappa shape index (κ2) is 5.19. The van der Waals surface area contributed by atoms with Gasteiger partial charge in [0, 0.05) is 24.3 Å². The molecule has 0 aliphatic carbocycles. The molecular formula is C15H22N2O2. The van der Waals surface area contributed by atoms with Gasteiger partial charge in [-0.15, -0.1) is 0 Å². The van der Waals surface area contributed by atoms with Crippen LogP contribution in [-0.2, 0) is 0 Å². The molecule has 1 aromatic rings. The van der Waals surface area contributed by atoms with Crippen LogP contribution in [-0.4, -0.2) is 34.7 Å². The molecule has 0 atom stereocenters. The third kappa shape index (κ3) is 2.57. The fourth-order valence-corrected chi connectivity index (χ4v) is 2.86. The summed E-state index contributed by atoms with van der Waals surface area (Å²) in [6.07, 6.45) is 2.12. The van der Waals surface area contributed by atoms with E-state index in [1.807, 2.05) is 18.7 Å². The Kier molecular flexibility index (Phi) is 3.78. The van der Waals surface area contributed by atoms with E-state index in [-0.39, 0.29) is 11.7 Å². The average molecular weight is 262 g/mol. The highest BCUT2D eigenvalue weighted by atomic mass is 16.2. The zero-order valence-electron chi connectivity index (χ0n) is 12.2. The van der Waals surface area contributed by atoms with Crippen LogP contribution in [0.25, 0.3) is 0 Å². The number of Topliss-reactive ketones (excluding diaryl/α,β-unsaturated/α-hetero) is 1. The quantitative estimate of drug-likeness (QED) is 0.833. The van der Waals surface area contributed by atoms with Crippen LogP contribution < -0.4 is 0 Å². The first-order chi connectivity index (χ1) is 8.91. The highest BCUT2D eigenvalue weighted by molar-refractivity contribution is 6.02. The van der Waals surface area contributed by atoms with Crippen molar-refractivity contribution in [3.05, 3.63) is 22.5 Å².